The molecule has 0 aliphatic carbocycles. The van der Waals surface area contributed by atoms with Gasteiger partial charge in [-0.05, 0) is 29.8 Å². The highest BCUT2D eigenvalue weighted by molar-refractivity contribution is 6.31. The van der Waals surface area contributed by atoms with Gasteiger partial charge < -0.3 is 0 Å². The summed E-state index contributed by atoms with van der Waals surface area (Å²) in [5.41, 5.74) is -0.293. The van der Waals surface area contributed by atoms with Gasteiger partial charge in [0.05, 0.1) is 5.56 Å². The number of rotatable bonds is 3. The van der Waals surface area contributed by atoms with Crippen LogP contribution in [-0.4, -0.2) is 5.78 Å². The lowest BCUT2D eigenvalue weighted by atomic mass is 10.0. The molecule has 0 aromatic heterocycles. The second-order valence-corrected chi connectivity index (χ2v) is 4.34. The molecular weight excluding hydrogens is 277 g/mol. The maximum absolute atomic E-state index is 13.4. The molecule has 0 bridgehead atoms. The third kappa shape index (κ3) is 2.96. The lowest BCUT2D eigenvalue weighted by Crippen LogP contribution is -2.09. The Hall–Kier alpha value is -1.81. The lowest BCUT2D eigenvalue weighted by molar-refractivity contribution is 0.0985. The van der Waals surface area contributed by atoms with E-state index in [-0.39, 0.29) is 11.4 Å². The van der Waals surface area contributed by atoms with Crippen molar-refractivity contribution >= 4 is 17.4 Å². The van der Waals surface area contributed by atoms with Gasteiger partial charge in [-0.1, -0.05) is 23.7 Å². The third-order valence-corrected chi connectivity index (χ3v) is 2.96. The van der Waals surface area contributed by atoms with E-state index in [4.69, 9.17) is 11.6 Å². The van der Waals surface area contributed by atoms with Gasteiger partial charge in [-0.2, -0.15) is 0 Å². The summed E-state index contributed by atoms with van der Waals surface area (Å²) in [5.74, 6) is -3.14. The predicted octanol–water partition coefficient (Wildman–Crippen LogP) is 4.18. The Labute approximate surface area is 112 Å². The van der Waals surface area contributed by atoms with E-state index in [1.807, 2.05) is 0 Å². The van der Waals surface area contributed by atoms with Crippen molar-refractivity contribution in [3.63, 3.8) is 0 Å². The fourth-order valence-electron chi connectivity index (χ4n) is 1.69. The zero-order chi connectivity index (χ0) is 14.0. The van der Waals surface area contributed by atoms with Crippen molar-refractivity contribution in [2.45, 2.75) is 6.42 Å². The number of carbonyl (C=O) groups excluding carboxylic acids is 1. The normalized spacial score (nSPS) is 10.5. The molecule has 0 spiro atoms. The van der Waals surface area contributed by atoms with Crippen molar-refractivity contribution in [1.82, 2.24) is 0 Å². The first kappa shape index (κ1) is 13.6. The standard InChI is InChI=1S/C14H8ClF3O/c15-10-7-9(16)5-4-8(10)6-13(19)14-11(17)2-1-3-12(14)18/h1-5,7H,6H2. The Balaban J connectivity index is 2.31. The van der Waals surface area contributed by atoms with Gasteiger partial charge in [0.15, 0.2) is 5.78 Å². The zero-order valence-corrected chi connectivity index (χ0v) is 10.3. The highest BCUT2D eigenvalue weighted by Crippen LogP contribution is 2.21. The van der Waals surface area contributed by atoms with E-state index in [2.05, 4.69) is 0 Å². The van der Waals surface area contributed by atoms with Gasteiger partial charge >= 0.3 is 0 Å². The molecule has 5 heteroatoms. The average Bonchev–Trinajstić information content (AvgIpc) is 2.32. The minimum Gasteiger partial charge on any atom is -0.294 e. The molecule has 98 valence electrons. The molecule has 0 unspecified atom stereocenters. The van der Waals surface area contributed by atoms with Crippen LogP contribution in [0.15, 0.2) is 36.4 Å². The van der Waals surface area contributed by atoms with Crippen molar-refractivity contribution in [2.75, 3.05) is 0 Å². The fraction of sp³-hybridized carbons (Fsp3) is 0.0714. The average molecular weight is 285 g/mol. The molecule has 0 N–H and O–H groups in total. The fourth-order valence-corrected chi connectivity index (χ4v) is 1.92. The monoisotopic (exact) mass is 284 g/mol. The number of carbonyl (C=O) groups is 1. The van der Waals surface area contributed by atoms with Crippen LogP contribution >= 0.6 is 11.6 Å². The molecule has 0 aliphatic rings. The summed E-state index contributed by atoms with van der Waals surface area (Å²) in [6.45, 7) is 0. The van der Waals surface area contributed by atoms with Crippen molar-refractivity contribution in [2.24, 2.45) is 0 Å². The van der Waals surface area contributed by atoms with Gasteiger partial charge in [0.1, 0.15) is 17.5 Å². The van der Waals surface area contributed by atoms with Crippen LogP contribution in [0.4, 0.5) is 13.2 Å². The van der Waals surface area contributed by atoms with Crippen molar-refractivity contribution in [1.29, 1.82) is 0 Å². The van der Waals surface area contributed by atoms with E-state index in [0.29, 0.717) is 5.56 Å². The molecule has 2 rings (SSSR count). The smallest absolute Gasteiger partial charge is 0.173 e. The molecule has 0 radical (unpaired) electrons. The minimum atomic E-state index is -0.928. The Bertz CT molecular complexity index is 620. The molecule has 0 atom stereocenters. The number of hydrogen-bond donors (Lipinski definition) is 0. The second-order valence-electron chi connectivity index (χ2n) is 3.93. The molecule has 0 heterocycles. The summed E-state index contributed by atoms with van der Waals surface area (Å²) in [5, 5.41) is 0.0464. The van der Waals surface area contributed by atoms with Gasteiger partial charge in [-0.15, -0.1) is 0 Å². The Morgan fingerprint density at radius 1 is 1.05 bits per heavy atom. The van der Waals surface area contributed by atoms with Gasteiger partial charge in [-0.25, -0.2) is 13.2 Å². The molecule has 19 heavy (non-hydrogen) atoms. The summed E-state index contributed by atoms with van der Waals surface area (Å²) in [7, 11) is 0. The van der Waals surface area contributed by atoms with E-state index >= 15 is 0 Å². The van der Waals surface area contributed by atoms with E-state index in [1.165, 1.54) is 12.1 Å². The predicted molar refractivity (Wildman–Crippen MR) is 65.8 cm³/mol. The lowest BCUT2D eigenvalue weighted by Gasteiger charge is -2.06. The number of Topliss-reactive ketones (excluding diaryl/α,β-unsaturated/α-hetero) is 1. The van der Waals surface area contributed by atoms with Gasteiger partial charge in [0, 0.05) is 11.4 Å². The Morgan fingerprint density at radius 2 is 1.68 bits per heavy atom. The van der Waals surface area contributed by atoms with E-state index in [1.54, 1.807) is 0 Å². The van der Waals surface area contributed by atoms with Crippen LogP contribution in [0.3, 0.4) is 0 Å². The number of halogens is 4. The Kier molecular flexibility index (Phi) is 3.90. The molecule has 0 saturated carbocycles. The molecule has 2 aromatic rings. The second kappa shape index (κ2) is 5.45. The number of ketones is 1. The first-order valence-corrected chi connectivity index (χ1v) is 5.78. The summed E-state index contributed by atoms with van der Waals surface area (Å²) < 4.78 is 39.7. The van der Waals surface area contributed by atoms with Crippen LogP contribution in [0.2, 0.25) is 5.02 Å². The van der Waals surface area contributed by atoms with Crippen molar-refractivity contribution in [3.05, 3.63) is 70.0 Å². The topological polar surface area (TPSA) is 17.1 Å². The van der Waals surface area contributed by atoms with Crippen molar-refractivity contribution < 1.29 is 18.0 Å². The molecule has 0 aliphatic heterocycles. The molecule has 0 amide bonds. The first-order chi connectivity index (χ1) is 8.99. The summed E-state index contributed by atoms with van der Waals surface area (Å²) in [4.78, 5) is 11.9. The molecule has 2 aromatic carbocycles. The van der Waals surface area contributed by atoms with E-state index in [0.717, 1.165) is 24.3 Å². The third-order valence-electron chi connectivity index (χ3n) is 2.61. The van der Waals surface area contributed by atoms with Crippen LogP contribution in [0.25, 0.3) is 0 Å². The summed E-state index contributed by atoms with van der Waals surface area (Å²) >= 11 is 5.76. The SMILES string of the molecule is O=C(Cc1ccc(F)cc1Cl)c1c(F)cccc1F. The summed E-state index contributed by atoms with van der Waals surface area (Å²) in [6, 6.07) is 6.67. The molecule has 0 saturated heterocycles. The summed E-state index contributed by atoms with van der Waals surface area (Å²) in [6.07, 6.45) is -0.295. The van der Waals surface area contributed by atoms with Crippen LogP contribution < -0.4 is 0 Å². The molecular formula is C14H8ClF3O. The first-order valence-electron chi connectivity index (χ1n) is 5.40. The van der Waals surface area contributed by atoms with E-state index in [9.17, 15) is 18.0 Å². The number of benzene rings is 2. The van der Waals surface area contributed by atoms with E-state index < -0.39 is 28.8 Å². The molecule has 0 fully saturated rings. The quantitative estimate of drug-likeness (QED) is 0.773. The highest BCUT2D eigenvalue weighted by Gasteiger charge is 2.18. The Morgan fingerprint density at radius 3 is 2.26 bits per heavy atom. The minimum absolute atomic E-state index is 0.0464. The maximum atomic E-state index is 13.4. The highest BCUT2D eigenvalue weighted by atomic mass is 35.5. The van der Waals surface area contributed by atoms with Crippen LogP contribution in [0, 0.1) is 17.5 Å². The van der Waals surface area contributed by atoms with Crippen molar-refractivity contribution in [3.8, 4) is 0 Å². The molecule has 1 nitrogen and oxygen atoms in total. The van der Waals surface area contributed by atoms with Crippen LogP contribution in [0.1, 0.15) is 15.9 Å². The van der Waals surface area contributed by atoms with Crippen LogP contribution in [-0.2, 0) is 6.42 Å². The van der Waals surface area contributed by atoms with Gasteiger partial charge in [-0.3, -0.25) is 4.79 Å². The maximum Gasteiger partial charge on any atom is 0.173 e. The van der Waals surface area contributed by atoms with Gasteiger partial charge in [0.25, 0.3) is 0 Å². The number of hydrogen-bond acceptors (Lipinski definition) is 1. The zero-order valence-electron chi connectivity index (χ0n) is 9.59. The van der Waals surface area contributed by atoms with Gasteiger partial charge in [0.2, 0.25) is 0 Å². The van der Waals surface area contributed by atoms with Crippen LogP contribution in [0.5, 0.6) is 0 Å². The largest absolute Gasteiger partial charge is 0.294 e.